The molecular formula is C17H26O2. The first-order valence-corrected chi connectivity index (χ1v) is 8.43. The van der Waals surface area contributed by atoms with Crippen LogP contribution in [0, 0.1) is 29.6 Å². The third-order valence-electron chi connectivity index (χ3n) is 6.86. The Bertz CT molecular complexity index is 391. The molecule has 0 saturated heterocycles. The fourth-order valence-corrected chi connectivity index (χ4v) is 5.83. The van der Waals surface area contributed by atoms with Gasteiger partial charge in [-0.1, -0.05) is 13.3 Å². The number of carbonyl (C=O) groups excluding carboxylic acids is 1. The van der Waals surface area contributed by atoms with Crippen LogP contribution in [0.15, 0.2) is 0 Å². The molecular weight excluding hydrogens is 236 g/mol. The number of carbonyl (C=O) groups is 1. The fourth-order valence-electron chi connectivity index (χ4n) is 5.83. The maximum absolute atomic E-state index is 12.6. The minimum atomic E-state index is -0.0676. The Labute approximate surface area is 116 Å². The van der Waals surface area contributed by atoms with Gasteiger partial charge >= 0.3 is 5.97 Å². The summed E-state index contributed by atoms with van der Waals surface area (Å²) < 4.78 is 6.18. The molecule has 2 heteroatoms. The molecule has 4 bridgehead atoms. The van der Waals surface area contributed by atoms with Crippen molar-refractivity contribution in [2.45, 2.75) is 70.3 Å². The molecule has 4 saturated carbocycles. The van der Waals surface area contributed by atoms with Crippen LogP contribution in [0.25, 0.3) is 0 Å². The van der Waals surface area contributed by atoms with Crippen LogP contribution in [0.2, 0.25) is 0 Å². The van der Waals surface area contributed by atoms with Gasteiger partial charge in [0.15, 0.2) is 0 Å². The Kier molecular flexibility index (Phi) is 2.72. The van der Waals surface area contributed by atoms with Crippen LogP contribution >= 0.6 is 0 Å². The highest BCUT2D eigenvalue weighted by atomic mass is 16.6. The van der Waals surface area contributed by atoms with E-state index in [1.54, 1.807) is 0 Å². The Hall–Kier alpha value is -0.530. The molecule has 0 aromatic heterocycles. The summed E-state index contributed by atoms with van der Waals surface area (Å²) in [6, 6.07) is 0. The topological polar surface area (TPSA) is 26.3 Å². The van der Waals surface area contributed by atoms with E-state index in [1.165, 1.54) is 38.5 Å². The molecule has 2 nitrogen and oxygen atoms in total. The second kappa shape index (κ2) is 4.23. The summed E-state index contributed by atoms with van der Waals surface area (Å²) in [5.74, 6) is 3.43. The molecule has 4 aliphatic rings. The van der Waals surface area contributed by atoms with Gasteiger partial charge in [-0.25, -0.2) is 0 Å². The van der Waals surface area contributed by atoms with Gasteiger partial charge in [-0.3, -0.25) is 4.79 Å². The van der Waals surface area contributed by atoms with Crippen molar-refractivity contribution in [1.29, 1.82) is 0 Å². The Balaban J connectivity index is 1.47. The van der Waals surface area contributed by atoms with Crippen molar-refractivity contribution in [1.82, 2.24) is 0 Å². The van der Waals surface area contributed by atoms with Crippen molar-refractivity contribution in [3.8, 4) is 0 Å². The van der Waals surface area contributed by atoms with E-state index in [0.29, 0.717) is 11.8 Å². The number of esters is 1. The van der Waals surface area contributed by atoms with Crippen LogP contribution < -0.4 is 0 Å². The first-order chi connectivity index (χ1) is 9.20. The molecule has 4 aliphatic carbocycles. The normalized spacial score (nSPS) is 50.9. The minimum Gasteiger partial charge on any atom is -0.459 e. The van der Waals surface area contributed by atoms with Gasteiger partial charge in [0.25, 0.3) is 0 Å². The zero-order valence-corrected chi connectivity index (χ0v) is 12.1. The summed E-state index contributed by atoms with van der Waals surface area (Å²) in [7, 11) is 0. The van der Waals surface area contributed by atoms with E-state index in [2.05, 4.69) is 6.92 Å². The molecule has 106 valence electrons. The summed E-state index contributed by atoms with van der Waals surface area (Å²) in [6.07, 6.45) is 11.2. The average Bonchev–Trinajstić information content (AvgIpc) is 3.17. The van der Waals surface area contributed by atoms with E-state index in [-0.39, 0.29) is 17.5 Å². The first-order valence-electron chi connectivity index (χ1n) is 8.43. The van der Waals surface area contributed by atoms with Crippen LogP contribution in [0.1, 0.15) is 64.7 Å². The van der Waals surface area contributed by atoms with Crippen LogP contribution in [0.3, 0.4) is 0 Å². The number of ether oxygens (including phenoxy) is 1. The number of rotatable bonds is 3. The van der Waals surface area contributed by atoms with E-state index in [1.807, 2.05) is 0 Å². The Morgan fingerprint density at radius 3 is 2.47 bits per heavy atom. The average molecular weight is 262 g/mol. The van der Waals surface area contributed by atoms with Gasteiger partial charge in [0, 0.05) is 0 Å². The van der Waals surface area contributed by atoms with E-state index < -0.39 is 0 Å². The number of hydrogen-bond donors (Lipinski definition) is 0. The van der Waals surface area contributed by atoms with Gasteiger partial charge in [-0.15, -0.1) is 0 Å². The van der Waals surface area contributed by atoms with Crippen LogP contribution in [0.4, 0.5) is 0 Å². The molecule has 19 heavy (non-hydrogen) atoms. The number of fused-ring (bicyclic) bond motifs is 4. The third kappa shape index (κ3) is 1.78. The molecule has 0 aromatic rings. The minimum absolute atomic E-state index is 0.0676. The second-order valence-electron chi connectivity index (χ2n) is 7.70. The zero-order chi connectivity index (χ0) is 13.0. The molecule has 1 unspecified atom stereocenters. The molecule has 4 rings (SSSR count). The smallest absolute Gasteiger partial charge is 0.309 e. The fraction of sp³-hybridized carbons (Fsp3) is 0.941. The highest BCUT2D eigenvalue weighted by Crippen LogP contribution is 2.55. The van der Waals surface area contributed by atoms with Crippen molar-refractivity contribution < 1.29 is 9.53 Å². The van der Waals surface area contributed by atoms with Crippen molar-refractivity contribution in [3.63, 3.8) is 0 Å². The lowest BCUT2D eigenvalue weighted by molar-refractivity contribution is -0.173. The van der Waals surface area contributed by atoms with Crippen LogP contribution in [-0.4, -0.2) is 11.6 Å². The van der Waals surface area contributed by atoms with Crippen molar-refractivity contribution >= 4 is 5.97 Å². The summed E-state index contributed by atoms with van der Waals surface area (Å²) in [4.78, 5) is 12.6. The van der Waals surface area contributed by atoms with Crippen LogP contribution in [0.5, 0.6) is 0 Å². The highest BCUT2D eigenvalue weighted by Gasteiger charge is 2.54. The summed E-state index contributed by atoms with van der Waals surface area (Å²) in [5, 5.41) is 0. The van der Waals surface area contributed by atoms with Gasteiger partial charge in [0.2, 0.25) is 0 Å². The quantitative estimate of drug-likeness (QED) is 0.720. The second-order valence-corrected chi connectivity index (χ2v) is 7.70. The van der Waals surface area contributed by atoms with Gasteiger partial charge in [-0.2, -0.15) is 0 Å². The van der Waals surface area contributed by atoms with Gasteiger partial charge in [-0.05, 0) is 75.0 Å². The van der Waals surface area contributed by atoms with E-state index in [0.717, 1.165) is 31.1 Å². The molecule has 6 atom stereocenters. The summed E-state index contributed by atoms with van der Waals surface area (Å²) in [5.41, 5.74) is -0.0676. The van der Waals surface area contributed by atoms with E-state index in [9.17, 15) is 4.79 Å². The monoisotopic (exact) mass is 262 g/mol. The van der Waals surface area contributed by atoms with E-state index >= 15 is 0 Å². The molecule has 0 aromatic carbocycles. The Morgan fingerprint density at radius 1 is 1.11 bits per heavy atom. The maximum Gasteiger partial charge on any atom is 0.309 e. The largest absolute Gasteiger partial charge is 0.459 e. The van der Waals surface area contributed by atoms with Gasteiger partial charge in [0.05, 0.1) is 5.92 Å². The molecule has 0 amide bonds. The zero-order valence-electron chi connectivity index (χ0n) is 12.1. The molecule has 0 heterocycles. The lowest BCUT2D eigenvalue weighted by Gasteiger charge is -2.38. The summed E-state index contributed by atoms with van der Waals surface area (Å²) in [6.45, 7) is 2.22. The predicted molar refractivity (Wildman–Crippen MR) is 73.5 cm³/mol. The van der Waals surface area contributed by atoms with Gasteiger partial charge < -0.3 is 4.74 Å². The van der Waals surface area contributed by atoms with Crippen molar-refractivity contribution in [2.24, 2.45) is 29.6 Å². The van der Waals surface area contributed by atoms with Crippen molar-refractivity contribution in [2.75, 3.05) is 0 Å². The highest BCUT2D eigenvalue weighted by molar-refractivity contribution is 5.74. The molecule has 4 fully saturated rings. The summed E-state index contributed by atoms with van der Waals surface area (Å²) >= 11 is 0. The number of hydrogen-bond acceptors (Lipinski definition) is 2. The van der Waals surface area contributed by atoms with Gasteiger partial charge in [0.1, 0.15) is 5.60 Å². The molecule has 0 spiro atoms. The standard InChI is InChI=1S/C17H26O2/c1-2-17(10-12-4-6-14(17)8-12)19-16(18)15-9-11-3-5-13(15)7-11/h11-15H,2-10H2,1H3/t11-,12-,13+,14+,15?,17-/m1/s1. The van der Waals surface area contributed by atoms with Crippen LogP contribution in [-0.2, 0) is 9.53 Å². The van der Waals surface area contributed by atoms with Crippen molar-refractivity contribution in [3.05, 3.63) is 0 Å². The lowest BCUT2D eigenvalue weighted by atomic mass is 9.81. The van der Waals surface area contributed by atoms with E-state index in [4.69, 9.17) is 4.74 Å². The lowest BCUT2D eigenvalue weighted by Crippen LogP contribution is -2.42. The molecule has 0 aliphatic heterocycles. The third-order valence-corrected chi connectivity index (χ3v) is 6.86. The Morgan fingerprint density at radius 2 is 1.95 bits per heavy atom. The SMILES string of the molecule is CC[C@@]1(OC(=O)C2C[C@@H]3CC[C@H]2C3)C[C@@H]2CC[C@H]1C2. The molecule has 0 N–H and O–H groups in total. The molecule has 0 radical (unpaired) electrons. The predicted octanol–water partition coefficient (Wildman–Crippen LogP) is 3.93. The maximum atomic E-state index is 12.6. The first kappa shape index (κ1) is 12.2.